The summed E-state index contributed by atoms with van der Waals surface area (Å²) in [6.07, 6.45) is 1.13. The topological polar surface area (TPSA) is 92.6 Å². The maximum atomic E-state index is 13.1. The van der Waals surface area contributed by atoms with Crippen LogP contribution < -0.4 is 16.6 Å². The monoisotopic (exact) mass is 225 g/mol. The molecule has 0 aromatic heterocycles. The number of para-hydroxylation sites is 1. The third-order valence-electron chi connectivity index (χ3n) is 2.08. The number of hydrogen-bond donors (Lipinski definition) is 3. The summed E-state index contributed by atoms with van der Waals surface area (Å²) < 4.78 is 13.1. The Morgan fingerprint density at radius 2 is 2.25 bits per heavy atom. The highest BCUT2D eigenvalue weighted by atomic mass is 19.1. The van der Waals surface area contributed by atoms with Gasteiger partial charge in [0, 0.05) is 0 Å². The Kier molecular flexibility index (Phi) is 3.47. The number of aliphatic carboxylic acids is 1. The molecular weight excluding hydrogens is 213 g/mol. The van der Waals surface area contributed by atoms with Gasteiger partial charge in [-0.05, 0) is 12.1 Å². The van der Waals surface area contributed by atoms with E-state index in [2.05, 4.69) is 6.58 Å². The number of rotatable bonds is 4. The van der Waals surface area contributed by atoms with Crippen molar-refractivity contribution >= 4 is 17.3 Å². The molecule has 1 unspecified atom stereocenters. The number of carboxylic acid groups (broad SMARTS) is 1. The second-order valence-corrected chi connectivity index (χ2v) is 3.10. The van der Waals surface area contributed by atoms with Gasteiger partial charge in [-0.1, -0.05) is 12.1 Å². The normalized spacial score (nSPS) is 11.9. The predicted molar refractivity (Wildman–Crippen MR) is 59.1 cm³/mol. The van der Waals surface area contributed by atoms with Gasteiger partial charge in [0.05, 0.1) is 11.4 Å². The van der Waals surface area contributed by atoms with Crippen molar-refractivity contribution in [3.05, 3.63) is 36.7 Å². The van der Waals surface area contributed by atoms with Crippen molar-refractivity contribution < 1.29 is 14.3 Å². The van der Waals surface area contributed by atoms with Crippen LogP contribution in [-0.4, -0.2) is 17.1 Å². The summed E-state index contributed by atoms with van der Waals surface area (Å²) in [5.41, 5.74) is 5.36. The number of nitrogens with zero attached hydrogens (tertiary/aromatic N) is 1. The molecule has 5 N–H and O–H groups in total. The van der Waals surface area contributed by atoms with Crippen molar-refractivity contribution in [1.29, 1.82) is 0 Å². The second kappa shape index (κ2) is 4.63. The predicted octanol–water partition coefficient (Wildman–Crippen LogP) is 0.727. The van der Waals surface area contributed by atoms with E-state index in [1.807, 2.05) is 0 Å². The quantitative estimate of drug-likeness (QED) is 0.304. The Labute approximate surface area is 91.7 Å². The van der Waals surface area contributed by atoms with E-state index >= 15 is 0 Å². The summed E-state index contributed by atoms with van der Waals surface area (Å²) >= 11 is 0. The Bertz CT molecular complexity index is 423. The summed E-state index contributed by atoms with van der Waals surface area (Å²) in [5, 5.41) is 9.69. The van der Waals surface area contributed by atoms with Gasteiger partial charge in [0.2, 0.25) is 0 Å². The fraction of sp³-hybridized carbons (Fsp3) is 0.100. The lowest BCUT2D eigenvalue weighted by Crippen LogP contribution is -2.45. The Morgan fingerprint density at radius 1 is 1.62 bits per heavy atom. The van der Waals surface area contributed by atoms with E-state index in [1.54, 1.807) is 0 Å². The van der Waals surface area contributed by atoms with E-state index in [0.29, 0.717) is 0 Å². The minimum absolute atomic E-state index is 0.104. The first-order valence-corrected chi connectivity index (χ1v) is 4.42. The lowest BCUT2D eigenvalue weighted by atomic mass is 10.2. The molecule has 0 aliphatic carbocycles. The van der Waals surface area contributed by atoms with E-state index in [9.17, 15) is 9.18 Å². The highest BCUT2D eigenvalue weighted by Gasteiger charge is 2.22. The summed E-state index contributed by atoms with van der Waals surface area (Å²) in [4.78, 5) is 10.8. The molecule has 86 valence electrons. The number of carboxylic acids is 1. The number of carbonyl (C=O) groups is 1. The molecule has 1 aromatic rings. The molecule has 0 aliphatic rings. The molecule has 5 nitrogen and oxygen atoms in total. The van der Waals surface area contributed by atoms with E-state index in [1.165, 1.54) is 12.1 Å². The van der Waals surface area contributed by atoms with Gasteiger partial charge < -0.3 is 10.8 Å². The van der Waals surface area contributed by atoms with Crippen molar-refractivity contribution in [2.24, 2.45) is 5.84 Å². The maximum absolute atomic E-state index is 13.1. The number of hydrogen-bond acceptors (Lipinski definition) is 4. The van der Waals surface area contributed by atoms with Crippen LogP contribution in [0.2, 0.25) is 0 Å². The average Bonchev–Trinajstić information content (AvgIpc) is 2.22. The smallest absolute Gasteiger partial charge is 0.331 e. The molecule has 16 heavy (non-hydrogen) atoms. The minimum Gasteiger partial charge on any atom is -0.479 e. The summed E-state index contributed by atoms with van der Waals surface area (Å²) in [7, 11) is 0. The van der Waals surface area contributed by atoms with Crippen molar-refractivity contribution in [3.8, 4) is 0 Å². The molecule has 0 radical (unpaired) electrons. The standard InChI is InChI=1S/C10H12FN3O2/c1-2-7(10(15)16)14(13)8-5-3-4-6(11)9(8)12/h2-5,7H,1,12-13H2,(H,15,16). The van der Waals surface area contributed by atoms with Crippen molar-refractivity contribution in [2.45, 2.75) is 6.04 Å². The lowest BCUT2D eigenvalue weighted by Gasteiger charge is -2.24. The molecule has 1 atom stereocenters. The van der Waals surface area contributed by atoms with Gasteiger partial charge >= 0.3 is 5.97 Å². The number of nitrogens with two attached hydrogens (primary N) is 2. The first kappa shape index (κ1) is 12.0. The second-order valence-electron chi connectivity index (χ2n) is 3.10. The molecule has 0 fully saturated rings. The zero-order chi connectivity index (χ0) is 12.3. The first-order valence-electron chi connectivity index (χ1n) is 4.42. The zero-order valence-corrected chi connectivity index (χ0v) is 8.43. The minimum atomic E-state index is -1.19. The molecule has 0 aliphatic heterocycles. The van der Waals surface area contributed by atoms with Crippen LogP contribution in [0, 0.1) is 5.82 Å². The lowest BCUT2D eigenvalue weighted by molar-refractivity contribution is -0.137. The first-order chi connectivity index (χ1) is 7.49. The highest BCUT2D eigenvalue weighted by molar-refractivity contribution is 5.82. The van der Waals surface area contributed by atoms with Crippen LogP contribution in [0.25, 0.3) is 0 Å². The number of nitrogen functional groups attached to an aromatic ring is 1. The van der Waals surface area contributed by atoms with Gasteiger partial charge in [-0.15, -0.1) is 6.58 Å². The molecule has 0 amide bonds. The Morgan fingerprint density at radius 3 is 2.75 bits per heavy atom. The molecule has 1 aromatic carbocycles. The maximum Gasteiger partial charge on any atom is 0.331 e. The van der Waals surface area contributed by atoms with E-state index in [0.717, 1.165) is 17.2 Å². The molecule has 1 rings (SSSR count). The van der Waals surface area contributed by atoms with Crippen LogP contribution in [-0.2, 0) is 4.79 Å². The van der Waals surface area contributed by atoms with E-state index in [4.69, 9.17) is 16.7 Å². The molecule has 0 bridgehead atoms. The van der Waals surface area contributed by atoms with Crippen LogP contribution in [0.4, 0.5) is 15.8 Å². The molecular formula is C10H12FN3O2. The molecule has 0 spiro atoms. The van der Waals surface area contributed by atoms with Crippen LogP contribution in [0.5, 0.6) is 0 Å². The van der Waals surface area contributed by atoms with Crippen molar-refractivity contribution in [3.63, 3.8) is 0 Å². The SMILES string of the molecule is C=CC(C(=O)O)N(N)c1cccc(F)c1N. The molecule has 0 saturated heterocycles. The number of hydrazine groups is 1. The molecule has 0 heterocycles. The number of anilines is 2. The Hall–Kier alpha value is -2.08. The van der Waals surface area contributed by atoms with Crippen LogP contribution in [0.15, 0.2) is 30.9 Å². The third kappa shape index (κ3) is 2.12. The van der Waals surface area contributed by atoms with Gasteiger partial charge in [0.25, 0.3) is 0 Å². The van der Waals surface area contributed by atoms with Gasteiger partial charge in [0.15, 0.2) is 6.04 Å². The zero-order valence-electron chi connectivity index (χ0n) is 8.43. The highest BCUT2D eigenvalue weighted by Crippen LogP contribution is 2.25. The summed E-state index contributed by atoms with van der Waals surface area (Å²) in [6, 6.07) is 2.82. The average molecular weight is 225 g/mol. The van der Waals surface area contributed by atoms with Crippen molar-refractivity contribution in [2.75, 3.05) is 10.7 Å². The molecule has 6 heteroatoms. The molecule has 0 saturated carbocycles. The van der Waals surface area contributed by atoms with Gasteiger partial charge in [-0.2, -0.15) is 0 Å². The van der Waals surface area contributed by atoms with Crippen LogP contribution in [0.1, 0.15) is 0 Å². The number of halogens is 1. The largest absolute Gasteiger partial charge is 0.479 e. The van der Waals surface area contributed by atoms with E-state index < -0.39 is 17.8 Å². The summed E-state index contributed by atoms with van der Waals surface area (Å²) in [5.74, 6) is 3.71. The van der Waals surface area contributed by atoms with Gasteiger partial charge in [-0.25, -0.2) is 15.0 Å². The third-order valence-corrected chi connectivity index (χ3v) is 2.08. The Balaban J connectivity index is 3.13. The van der Waals surface area contributed by atoms with Crippen LogP contribution in [0.3, 0.4) is 0 Å². The van der Waals surface area contributed by atoms with E-state index in [-0.39, 0.29) is 11.4 Å². The van der Waals surface area contributed by atoms with Gasteiger partial charge in [0.1, 0.15) is 5.82 Å². The fourth-order valence-corrected chi connectivity index (χ4v) is 1.23. The summed E-state index contributed by atoms with van der Waals surface area (Å²) in [6.45, 7) is 3.34. The van der Waals surface area contributed by atoms with Crippen molar-refractivity contribution in [1.82, 2.24) is 0 Å². The fourth-order valence-electron chi connectivity index (χ4n) is 1.23. The van der Waals surface area contributed by atoms with Crippen LogP contribution >= 0.6 is 0 Å². The van der Waals surface area contributed by atoms with Gasteiger partial charge in [-0.3, -0.25) is 5.01 Å². The number of benzene rings is 1.